The Balaban J connectivity index is 0.00000169. The molecule has 0 heterocycles. The van der Waals surface area contributed by atoms with Crippen molar-refractivity contribution >= 4 is 12.4 Å². The largest absolute Gasteiger partial charge is 0.396 e. The quantitative estimate of drug-likeness (QED) is 0.812. The molecule has 2 nitrogen and oxygen atoms in total. The lowest BCUT2D eigenvalue weighted by Crippen LogP contribution is -2.12. The molecule has 14 heavy (non-hydrogen) atoms. The van der Waals surface area contributed by atoms with E-state index in [1.54, 1.807) is 0 Å². The van der Waals surface area contributed by atoms with Crippen LogP contribution in [0.2, 0.25) is 0 Å². The Hall–Kier alpha value is -0.570. The number of aliphatic hydroxyl groups excluding tert-OH is 1. The van der Waals surface area contributed by atoms with E-state index in [1.165, 1.54) is 11.1 Å². The second-order valence-electron chi connectivity index (χ2n) is 3.46. The number of hydrogen-bond donors (Lipinski definition) is 2. The van der Waals surface area contributed by atoms with Crippen LogP contribution >= 0.6 is 12.4 Å². The molecule has 0 aliphatic heterocycles. The predicted molar refractivity (Wildman–Crippen MR) is 61.8 cm³/mol. The second-order valence-corrected chi connectivity index (χ2v) is 3.46. The van der Waals surface area contributed by atoms with E-state index in [9.17, 15) is 0 Å². The van der Waals surface area contributed by atoms with Gasteiger partial charge in [0, 0.05) is 12.6 Å². The number of aryl methyl sites for hydroxylation is 2. The van der Waals surface area contributed by atoms with Crippen molar-refractivity contribution in [3.63, 3.8) is 0 Å². The van der Waals surface area contributed by atoms with Gasteiger partial charge in [-0.05, 0) is 37.0 Å². The lowest BCUT2D eigenvalue weighted by atomic mass is 10.00. The number of halogens is 1. The molecule has 0 spiro atoms. The zero-order chi connectivity index (χ0) is 9.84. The lowest BCUT2D eigenvalue weighted by Gasteiger charge is -2.11. The summed E-state index contributed by atoms with van der Waals surface area (Å²) in [5, 5.41) is 8.74. The summed E-state index contributed by atoms with van der Waals surface area (Å²) in [6.07, 6.45) is 0.627. The standard InChI is InChI=1S/C11H17NO.ClH/c1-8-3-4-10(7-9(8)2)11(12)5-6-13;/h3-4,7,11,13H,5-6,12H2,1-2H3;1H/t11-;/m0./s1. The van der Waals surface area contributed by atoms with E-state index in [-0.39, 0.29) is 25.1 Å². The van der Waals surface area contributed by atoms with Crippen molar-refractivity contribution < 1.29 is 5.11 Å². The Morgan fingerprint density at radius 1 is 1.29 bits per heavy atom. The fourth-order valence-electron chi connectivity index (χ4n) is 1.30. The van der Waals surface area contributed by atoms with Crippen molar-refractivity contribution in [3.05, 3.63) is 34.9 Å². The van der Waals surface area contributed by atoms with Gasteiger partial charge >= 0.3 is 0 Å². The molecule has 1 atom stereocenters. The van der Waals surface area contributed by atoms with E-state index in [1.807, 2.05) is 6.07 Å². The van der Waals surface area contributed by atoms with E-state index < -0.39 is 0 Å². The van der Waals surface area contributed by atoms with Gasteiger partial charge in [0.1, 0.15) is 0 Å². The summed E-state index contributed by atoms with van der Waals surface area (Å²) in [5.41, 5.74) is 9.51. The van der Waals surface area contributed by atoms with E-state index in [0.717, 1.165) is 5.56 Å². The predicted octanol–water partition coefficient (Wildman–Crippen LogP) is 2.11. The summed E-state index contributed by atoms with van der Waals surface area (Å²) >= 11 is 0. The molecule has 3 N–H and O–H groups in total. The third kappa shape index (κ3) is 3.29. The fraction of sp³-hybridized carbons (Fsp3) is 0.455. The molecule has 0 unspecified atom stereocenters. The van der Waals surface area contributed by atoms with Gasteiger partial charge in [-0.1, -0.05) is 18.2 Å². The highest BCUT2D eigenvalue weighted by Crippen LogP contribution is 2.17. The Morgan fingerprint density at radius 2 is 1.93 bits per heavy atom. The topological polar surface area (TPSA) is 46.2 Å². The smallest absolute Gasteiger partial charge is 0.0449 e. The molecular formula is C11H18ClNO. The first-order valence-electron chi connectivity index (χ1n) is 4.58. The third-order valence-corrected chi connectivity index (χ3v) is 2.40. The molecule has 0 saturated heterocycles. The van der Waals surface area contributed by atoms with Crippen molar-refractivity contribution in [2.45, 2.75) is 26.3 Å². The molecule has 0 radical (unpaired) electrons. The number of benzene rings is 1. The molecule has 0 aliphatic rings. The highest BCUT2D eigenvalue weighted by molar-refractivity contribution is 5.85. The average Bonchev–Trinajstić information content (AvgIpc) is 2.10. The summed E-state index contributed by atoms with van der Waals surface area (Å²) in [6, 6.07) is 6.16. The minimum absolute atomic E-state index is 0. The average molecular weight is 216 g/mol. The summed E-state index contributed by atoms with van der Waals surface area (Å²) in [5.74, 6) is 0. The van der Waals surface area contributed by atoms with Crippen molar-refractivity contribution in [3.8, 4) is 0 Å². The highest BCUT2D eigenvalue weighted by Gasteiger charge is 2.05. The molecule has 1 aromatic rings. The second kappa shape index (κ2) is 6.02. The highest BCUT2D eigenvalue weighted by atomic mass is 35.5. The number of aliphatic hydroxyl groups is 1. The summed E-state index contributed by atoms with van der Waals surface area (Å²) < 4.78 is 0. The summed E-state index contributed by atoms with van der Waals surface area (Å²) in [4.78, 5) is 0. The van der Waals surface area contributed by atoms with Gasteiger partial charge in [-0.15, -0.1) is 12.4 Å². The van der Waals surface area contributed by atoms with Crippen LogP contribution in [-0.2, 0) is 0 Å². The zero-order valence-electron chi connectivity index (χ0n) is 8.66. The Kier molecular flexibility index (Phi) is 5.77. The summed E-state index contributed by atoms with van der Waals surface area (Å²) in [6.45, 7) is 4.30. The fourth-order valence-corrected chi connectivity index (χ4v) is 1.30. The van der Waals surface area contributed by atoms with E-state index in [4.69, 9.17) is 10.8 Å². The molecule has 80 valence electrons. The van der Waals surface area contributed by atoms with Crippen LogP contribution in [-0.4, -0.2) is 11.7 Å². The van der Waals surface area contributed by atoms with Gasteiger partial charge in [0.05, 0.1) is 0 Å². The first kappa shape index (κ1) is 13.4. The van der Waals surface area contributed by atoms with Gasteiger partial charge < -0.3 is 10.8 Å². The van der Waals surface area contributed by atoms with Crippen LogP contribution in [0.3, 0.4) is 0 Å². The Morgan fingerprint density at radius 3 is 2.43 bits per heavy atom. The molecule has 1 rings (SSSR count). The van der Waals surface area contributed by atoms with Crippen molar-refractivity contribution in [2.75, 3.05) is 6.61 Å². The number of rotatable bonds is 3. The van der Waals surface area contributed by atoms with Crippen LogP contribution in [0.5, 0.6) is 0 Å². The van der Waals surface area contributed by atoms with Crippen LogP contribution in [0.15, 0.2) is 18.2 Å². The Bertz CT molecular complexity index is 289. The zero-order valence-corrected chi connectivity index (χ0v) is 9.47. The number of nitrogens with two attached hydrogens (primary N) is 1. The molecule has 3 heteroatoms. The van der Waals surface area contributed by atoms with Gasteiger partial charge in [-0.2, -0.15) is 0 Å². The molecule has 0 aliphatic carbocycles. The summed E-state index contributed by atoms with van der Waals surface area (Å²) in [7, 11) is 0. The van der Waals surface area contributed by atoms with E-state index in [2.05, 4.69) is 26.0 Å². The van der Waals surface area contributed by atoms with Crippen LogP contribution in [0.4, 0.5) is 0 Å². The van der Waals surface area contributed by atoms with Crippen LogP contribution in [0, 0.1) is 13.8 Å². The van der Waals surface area contributed by atoms with E-state index in [0.29, 0.717) is 6.42 Å². The lowest BCUT2D eigenvalue weighted by molar-refractivity contribution is 0.276. The normalized spacial score (nSPS) is 12.0. The first-order chi connectivity index (χ1) is 6.15. The van der Waals surface area contributed by atoms with Crippen molar-refractivity contribution in [1.29, 1.82) is 0 Å². The molecule has 0 aromatic heterocycles. The van der Waals surface area contributed by atoms with Gasteiger partial charge in [0.15, 0.2) is 0 Å². The van der Waals surface area contributed by atoms with Gasteiger partial charge in [0.2, 0.25) is 0 Å². The molecule has 0 saturated carbocycles. The maximum atomic E-state index is 8.74. The molecule has 1 aromatic carbocycles. The van der Waals surface area contributed by atoms with Crippen LogP contribution in [0.25, 0.3) is 0 Å². The Labute approximate surface area is 91.5 Å². The molecule has 0 bridgehead atoms. The van der Waals surface area contributed by atoms with Crippen LogP contribution in [0.1, 0.15) is 29.2 Å². The first-order valence-corrected chi connectivity index (χ1v) is 4.58. The maximum Gasteiger partial charge on any atom is 0.0449 e. The van der Waals surface area contributed by atoms with E-state index >= 15 is 0 Å². The molecular weight excluding hydrogens is 198 g/mol. The minimum atomic E-state index is -0.0377. The maximum absolute atomic E-state index is 8.74. The number of hydrogen-bond acceptors (Lipinski definition) is 2. The van der Waals surface area contributed by atoms with Crippen LogP contribution < -0.4 is 5.73 Å². The molecule has 0 fully saturated rings. The van der Waals surface area contributed by atoms with Crippen molar-refractivity contribution in [2.24, 2.45) is 5.73 Å². The third-order valence-electron chi connectivity index (χ3n) is 2.40. The van der Waals surface area contributed by atoms with Crippen molar-refractivity contribution in [1.82, 2.24) is 0 Å². The van der Waals surface area contributed by atoms with Gasteiger partial charge in [-0.3, -0.25) is 0 Å². The SMILES string of the molecule is Cc1ccc([C@@H](N)CCO)cc1C.Cl. The minimum Gasteiger partial charge on any atom is -0.396 e. The monoisotopic (exact) mass is 215 g/mol. The molecule has 0 amide bonds. The van der Waals surface area contributed by atoms with Gasteiger partial charge in [-0.25, -0.2) is 0 Å². The van der Waals surface area contributed by atoms with Gasteiger partial charge in [0.25, 0.3) is 0 Å².